The molecule has 0 spiro atoms. The molecule has 0 saturated carbocycles. The van der Waals surface area contributed by atoms with E-state index in [1.165, 1.54) is 0 Å². The number of amidine groups is 1. The summed E-state index contributed by atoms with van der Waals surface area (Å²) in [6.07, 6.45) is 0.623. The van der Waals surface area contributed by atoms with E-state index in [0.29, 0.717) is 12.3 Å². The second-order valence-electron chi connectivity index (χ2n) is 3.48. The topological polar surface area (TPSA) is 38.4 Å². The van der Waals surface area contributed by atoms with Crippen molar-refractivity contribution in [1.82, 2.24) is 0 Å². The van der Waals surface area contributed by atoms with Crippen LogP contribution in [0, 0.1) is 0 Å². The molecule has 0 atom stereocenters. The Morgan fingerprint density at radius 3 is 2.64 bits per heavy atom. The Bertz CT molecular complexity index is 332. The van der Waals surface area contributed by atoms with Crippen molar-refractivity contribution < 1.29 is 0 Å². The second-order valence-corrected chi connectivity index (χ2v) is 3.89. The Morgan fingerprint density at radius 1 is 1.43 bits per heavy atom. The van der Waals surface area contributed by atoms with Gasteiger partial charge in [-0.3, -0.25) is 4.99 Å². The summed E-state index contributed by atoms with van der Waals surface area (Å²) in [4.78, 5) is 4.25. The third-order valence-electron chi connectivity index (χ3n) is 1.75. The molecule has 3 heteroatoms. The lowest BCUT2D eigenvalue weighted by atomic mass is 10.1. The molecule has 0 unspecified atom stereocenters. The maximum atomic E-state index is 5.99. The number of benzene rings is 1. The van der Waals surface area contributed by atoms with Crippen LogP contribution < -0.4 is 5.73 Å². The molecule has 14 heavy (non-hydrogen) atoms. The first-order chi connectivity index (χ1) is 6.59. The van der Waals surface area contributed by atoms with Gasteiger partial charge in [-0.1, -0.05) is 29.8 Å². The van der Waals surface area contributed by atoms with E-state index in [4.69, 9.17) is 17.3 Å². The van der Waals surface area contributed by atoms with Gasteiger partial charge in [-0.15, -0.1) is 0 Å². The minimum absolute atomic E-state index is 0.234. The van der Waals surface area contributed by atoms with Gasteiger partial charge in [0.1, 0.15) is 0 Å². The van der Waals surface area contributed by atoms with Crippen LogP contribution in [0.2, 0.25) is 5.02 Å². The van der Waals surface area contributed by atoms with Gasteiger partial charge in [-0.25, -0.2) is 0 Å². The third kappa shape index (κ3) is 3.38. The molecule has 1 aromatic rings. The zero-order chi connectivity index (χ0) is 10.6. The molecule has 2 nitrogen and oxygen atoms in total. The smallest absolute Gasteiger partial charge is 0.0985 e. The molecule has 0 amide bonds. The van der Waals surface area contributed by atoms with Gasteiger partial charge in [-0.05, 0) is 25.5 Å². The zero-order valence-electron chi connectivity index (χ0n) is 8.50. The molecule has 0 aliphatic rings. The summed E-state index contributed by atoms with van der Waals surface area (Å²) in [6, 6.07) is 7.91. The fourth-order valence-electron chi connectivity index (χ4n) is 1.21. The molecule has 0 aliphatic carbocycles. The highest BCUT2D eigenvalue weighted by atomic mass is 35.5. The van der Waals surface area contributed by atoms with E-state index < -0.39 is 0 Å². The van der Waals surface area contributed by atoms with Crippen molar-refractivity contribution in [2.45, 2.75) is 26.3 Å². The van der Waals surface area contributed by atoms with E-state index in [9.17, 15) is 0 Å². The lowest BCUT2D eigenvalue weighted by molar-refractivity contribution is 0.829. The first kappa shape index (κ1) is 11.1. The Morgan fingerprint density at radius 2 is 2.07 bits per heavy atom. The van der Waals surface area contributed by atoms with Gasteiger partial charge in [0, 0.05) is 17.5 Å². The Hall–Kier alpha value is -1.02. The number of rotatable bonds is 3. The highest BCUT2D eigenvalue weighted by Crippen LogP contribution is 2.15. The van der Waals surface area contributed by atoms with Crippen LogP contribution in [0.3, 0.4) is 0 Å². The minimum Gasteiger partial charge on any atom is -0.387 e. The third-order valence-corrected chi connectivity index (χ3v) is 2.12. The molecule has 1 aromatic carbocycles. The maximum absolute atomic E-state index is 5.99. The fourth-order valence-corrected chi connectivity index (χ4v) is 1.42. The highest BCUT2D eigenvalue weighted by Gasteiger charge is 2.01. The molecule has 1 rings (SSSR count). The standard InChI is InChI=1S/C11H15ClN2/c1-8(2)14-11(13)7-9-5-3-4-6-10(9)12/h3-6,8H,7H2,1-2H3,(H2,13,14). The van der Waals surface area contributed by atoms with E-state index in [1.807, 2.05) is 38.1 Å². The monoisotopic (exact) mass is 210 g/mol. The first-order valence-corrected chi connectivity index (χ1v) is 5.03. The van der Waals surface area contributed by atoms with Crippen LogP contribution in [0.5, 0.6) is 0 Å². The Labute approximate surface area is 89.8 Å². The summed E-state index contributed by atoms with van der Waals surface area (Å²) in [7, 11) is 0. The molecule has 2 N–H and O–H groups in total. The maximum Gasteiger partial charge on any atom is 0.0985 e. The van der Waals surface area contributed by atoms with Crippen LogP contribution in [-0.4, -0.2) is 11.9 Å². The minimum atomic E-state index is 0.234. The number of nitrogens with two attached hydrogens (primary N) is 1. The zero-order valence-corrected chi connectivity index (χ0v) is 9.25. The normalized spacial score (nSPS) is 12.1. The van der Waals surface area contributed by atoms with Crippen molar-refractivity contribution in [2.24, 2.45) is 10.7 Å². The molecular weight excluding hydrogens is 196 g/mol. The summed E-state index contributed by atoms with van der Waals surface area (Å²) >= 11 is 5.99. The van der Waals surface area contributed by atoms with Crippen LogP contribution in [0.25, 0.3) is 0 Å². The molecule has 0 aliphatic heterocycles. The van der Waals surface area contributed by atoms with Gasteiger partial charge in [0.2, 0.25) is 0 Å². The van der Waals surface area contributed by atoms with Gasteiger partial charge in [0.25, 0.3) is 0 Å². The van der Waals surface area contributed by atoms with Gasteiger partial charge >= 0.3 is 0 Å². The van der Waals surface area contributed by atoms with E-state index in [1.54, 1.807) is 0 Å². The SMILES string of the molecule is CC(C)N=C(N)Cc1ccccc1Cl. The summed E-state index contributed by atoms with van der Waals surface area (Å²) in [5.41, 5.74) is 6.79. The van der Waals surface area contributed by atoms with Crippen LogP contribution in [0.15, 0.2) is 29.3 Å². The average molecular weight is 211 g/mol. The van der Waals surface area contributed by atoms with E-state index in [-0.39, 0.29) is 6.04 Å². The number of hydrogen-bond donors (Lipinski definition) is 1. The van der Waals surface area contributed by atoms with E-state index >= 15 is 0 Å². The quantitative estimate of drug-likeness (QED) is 0.605. The Balaban J connectivity index is 2.74. The molecule has 0 saturated heterocycles. The highest BCUT2D eigenvalue weighted by molar-refractivity contribution is 6.31. The number of nitrogens with zero attached hydrogens (tertiary/aromatic N) is 1. The molecule has 0 bridgehead atoms. The molecule has 0 fully saturated rings. The first-order valence-electron chi connectivity index (χ1n) is 4.65. The van der Waals surface area contributed by atoms with Crippen molar-refractivity contribution >= 4 is 17.4 Å². The van der Waals surface area contributed by atoms with Crippen LogP contribution in [0.1, 0.15) is 19.4 Å². The molecule has 0 radical (unpaired) electrons. The predicted octanol–water partition coefficient (Wildman–Crippen LogP) is 2.65. The van der Waals surface area contributed by atoms with Crippen LogP contribution in [0.4, 0.5) is 0 Å². The van der Waals surface area contributed by atoms with E-state index in [2.05, 4.69) is 4.99 Å². The fraction of sp³-hybridized carbons (Fsp3) is 0.364. The molecule has 76 valence electrons. The average Bonchev–Trinajstić information content (AvgIpc) is 2.07. The summed E-state index contributed by atoms with van der Waals surface area (Å²) in [5, 5.41) is 0.745. The molecule has 0 heterocycles. The van der Waals surface area contributed by atoms with Crippen molar-refractivity contribution in [3.05, 3.63) is 34.9 Å². The van der Waals surface area contributed by atoms with Crippen molar-refractivity contribution in [3.8, 4) is 0 Å². The van der Waals surface area contributed by atoms with Gasteiger partial charge in [0.05, 0.1) is 5.84 Å². The van der Waals surface area contributed by atoms with Crippen molar-refractivity contribution in [1.29, 1.82) is 0 Å². The molecular formula is C11H15ClN2. The van der Waals surface area contributed by atoms with Gasteiger partial charge in [-0.2, -0.15) is 0 Å². The Kier molecular flexibility index (Phi) is 3.96. The lowest BCUT2D eigenvalue weighted by Gasteiger charge is -2.05. The summed E-state index contributed by atoms with van der Waals surface area (Å²) in [5.74, 6) is 0.633. The van der Waals surface area contributed by atoms with Crippen LogP contribution in [-0.2, 0) is 6.42 Å². The second kappa shape index (κ2) is 5.01. The molecule has 0 aromatic heterocycles. The van der Waals surface area contributed by atoms with Crippen LogP contribution >= 0.6 is 11.6 Å². The number of halogens is 1. The largest absolute Gasteiger partial charge is 0.387 e. The summed E-state index contributed by atoms with van der Waals surface area (Å²) < 4.78 is 0. The number of aliphatic imine (C=N–C) groups is 1. The van der Waals surface area contributed by atoms with E-state index in [0.717, 1.165) is 10.6 Å². The van der Waals surface area contributed by atoms with Crippen molar-refractivity contribution in [2.75, 3.05) is 0 Å². The summed E-state index contributed by atoms with van der Waals surface area (Å²) in [6.45, 7) is 4.00. The van der Waals surface area contributed by atoms with Crippen molar-refractivity contribution in [3.63, 3.8) is 0 Å². The lowest BCUT2D eigenvalue weighted by Crippen LogP contribution is -2.17. The van der Waals surface area contributed by atoms with Gasteiger partial charge in [0.15, 0.2) is 0 Å². The van der Waals surface area contributed by atoms with Gasteiger partial charge < -0.3 is 5.73 Å². The number of hydrogen-bond acceptors (Lipinski definition) is 1. The predicted molar refractivity (Wildman–Crippen MR) is 61.9 cm³/mol.